The lowest BCUT2D eigenvalue weighted by Gasteiger charge is -2.29. The number of nitrogens with one attached hydrogen (secondary N) is 1. The van der Waals surface area contributed by atoms with Gasteiger partial charge in [0.2, 0.25) is 5.91 Å². The zero-order valence-corrected chi connectivity index (χ0v) is 17.8. The monoisotopic (exact) mass is 445 g/mol. The SMILES string of the molecule is NC(=O)COc1ccc(/C=C/C(=O)NCC(c2c(F)cccc2Cl)N2CCCC2)cc1. The number of nitrogens with two attached hydrogens (primary N) is 1. The standard InChI is InChI=1S/C23H25ClFN3O3/c24-18-4-3-5-19(25)23(18)20(28-12-1-2-13-28)14-27-22(30)11-8-16-6-9-17(10-7-16)31-15-21(26)29/h3-11,20H,1-2,12-15H2,(H2,26,29)(H,27,30)/b11-8+. The average molecular weight is 446 g/mol. The Bertz CT molecular complexity index is 923. The molecule has 1 unspecified atom stereocenters. The molecule has 0 radical (unpaired) electrons. The molecule has 0 aromatic heterocycles. The molecule has 31 heavy (non-hydrogen) atoms. The highest BCUT2D eigenvalue weighted by atomic mass is 35.5. The fraction of sp³-hybridized carbons (Fsp3) is 0.304. The summed E-state index contributed by atoms with van der Waals surface area (Å²) in [4.78, 5) is 25.3. The maximum absolute atomic E-state index is 14.5. The van der Waals surface area contributed by atoms with Crippen LogP contribution in [-0.4, -0.2) is 43.0 Å². The van der Waals surface area contributed by atoms with Crippen molar-refractivity contribution < 1.29 is 18.7 Å². The number of likely N-dealkylation sites (tertiary alicyclic amines) is 1. The molecule has 1 aliphatic rings. The lowest BCUT2D eigenvalue weighted by molar-refractivity contribution is -0.120. The largest absolute Gasteiger partial charge is 0.484 e. The summed E-state index contributed by atoms with van der Waals surface area (Å²) in [5, 5.41) is 3.22. The van der Waals surface area contributed by atoms with Gasteiger partial charge in [-0.2, -0.15) is 0 Å². The summed E-state index contributed by atoms with van der Waals surface area (Å²) in [5.41, 5.74) is 6.25. The second-order valence-corrected chi connectivity index (χ2v) is 7.70. The van der Waals surface area contributed by atoms with Gasteiger partial charge in [-0.1, -0.05) is 29.8 Å². The van der Waals surface area contributed by atoms with Crippen molar-refractivity contribution in [2.24, 2.45) is 5.73 Å². The first-order valence-electron chi connectivity index (χ1n) is 10.1. The van der Waals surface area contributed by atoms with Gasteiger partial charge in [0.05, 0.1) is 6.04 Å². The zero-order valence-electron chi connectivity index (χ0n) is 17.0. The predicted molar refractivity (Wildman–Crippen MR) is 118 cm³/mol. The number of carbonyl (C=O) groups is 2. The summed E-state index contributed by atoms with van der Waals surface area (Å²) >= 11 is 6.28. The van der Waals surface area contributed by atoms with Gasteiger partial charge < -0.3 is 15.8 Å². The highest BCUT2D eigenvalue weighted by Crippen LogP contribution is 2.31. The minimum absolute atomic E-state index is 0.193. The number of halogens is 2. The van der Waals surface area contributed by atoms with E-state index in [1.807, 2.05) is 0 Å². The summed E-state index contributed by atoms with van der Waals surface area (Å²) in [6.07, 6.45) is 5.16. The normalized spacial score (nSPS) is 15.2. The van der Waals surface area contributed by atoms with Crippen LogP contribution in [0.2, 0.25) is 5.02 Å². The van der Waals surface area contributed by atoms with Crippen LogP contribution >= 0.6 is 11.6 Å². The van der Waals surface area contributed by atoms with E-state index in [4.69, 9.17) is 22.1 Å². The molecule has 1 heterocycles. The molecule has 6 nitrogen and oxygen atoms in total. The van der Waals surface area contributed by atoms with Crippen molar-refractivity contribution in [3.8, 4) is 5.75 Å². The Morgan fingerprint density at radius 3 is 2.55 bits per heavy atom. The number of rotatable bonds is 9. The Morgan fingerprint density at radius 2 is 1.90 bits per heavy atom. The van der Waals surface area contributed by atoms with Crippen molar-refractivity contribution in [1.82, 2.24) is 10.2 Å². The molecule has 2 amide bonds. The Morgan fingerprint density at radius 1 is 1.19 bits per heavy atom. The molecule has 0 saturated carbocycles. The molecular weight excluding hydrogens is 421 g/mol. The number of amides is 2. The highest BCUT2D eigenvalue weighted by Gasteiger charge is 2.27. The van der Waals surface area contributed by atoms with Gasteiger partial charge in [0, 0.05) is 23.2 Å². The van der Waals surface area contributed by atoms with Crippen LogP contribution in [0.5, 0.6) is 5.75 Å². The topological polar surface area (TPSA) is 84.7 Å². The smallest absolute Gasteiger partial charge is 0.255 e. The molecule has 0 bridgehead atoms. The van der Waals surface area contributed by atoms with E-state index >= 15 is 0 Å². The third-order valence-corrected chi connectivity index (χ3v) is 5.40. The van der Waals surface area contributed by atoms with E-state index < -0.39 is 5.91 Å². The number of hydrogen-bond acceptors (Lipinski definition) is 4. The van der Waals surface area contributed by atoms with Crippen molar-refractivity contribution in [3.63, 3.8) is 0 Å². The van der Waals surface area contributed by atoms with Crippen LogP contribution in [0.3, 0.4) is 0 Å². The van der Waals surface area contributed by atoms with Crippen molar-refractivity contribution in [2.45, 2.75) is 18.9 Å². The maximum Gasteiger partial charge on any atom is 0.255 e. The zero-order chi connectivity index (χ0) is 22.2. The first kappa shape index (κ1) is 22.8. The molecule has 0 aliphatic carbocycles. The number of hydrogen-bond donors (Lipinski definition) is 2. The molecule has 2 aromatic carbocycles. The van der Waals surface area contributed by atoms with Gasteiger partial charge in [0.1, 0.15) is 11.6 Å². The lowest BCUT2D eigenvalue weighted by Crippen LogP contribution is -2.36. The van der Waals surface area contributed by atoms with Crippen LogP contribution in [0.1, 0.15) is 30.0 Å². The second kappa shape index (κ2) is 10.9. The Hall–Kier alpha value is -2.90. The number of benzene rings is 2. The van der Waals surface area contributed by atoms with Crippen LogP contribution in [-0.2, 0) is 9.59 Å². The first-order valence-corrected chi connectivity index (χ1v) is 10.5. The molecule has 2 aromatic rings. The molecule has 3 N–H and O–H groups in total. The van der Waals surface area contributed by atoms with Crippen molar-refractivity contribution in [1.29, 1.82) is 0 Å². The molecule has 0 spiro atoms. The van der Waals surface area contributed by atoms with Crippen LogP contribution < -0.4 is 15.8 Å². The van der Waals surface area contributed by atoms with Gasteiger partial charge in [-0.15, -0.1) is 0 Å². The van der Waals surface area contributed by atoms with Gasteiger partial charge in [-0.3, -0.25) is 14.5 Å². The summed E-state index contributed by atoms with van der Waals surface area (Å²) in [7, 11) is 0. The molecule has 1 aliphatic heterocycles. The number of nitrogens with zero attached hydrogens (tertiary/aromatic N) is 1. The predicted octanol–water partition coefficient (Wildman–Crippen LogP) is 3.31. The van der Waals surface area contributed by atoms with E-state index in [2.05, 4.69) is 10.2 Å². The van der Waals surface area contributed by atoms with Crippen LogP contribution in [0, 0.1) is 5.82 Å². The minimum atomic E-state index is -0.551. The van der Waals surface area contributed by atoms with Crippen LogP contribution in [0.15, 0.2) is 48.5 Å². The minimum Gasteiger partial charge on any atom is -0.484 e. The van der Waals surface area contributed by atoms with Gasteiger partial charge in [-0.05, 0) is 61.8 Å². The van der Waals surface area contributed by atoms with E-state index in [-0.39, 0.29) is 30.9 Å². The third kappa shape index (κ3) is 6.54. The van der Waals surface area contributed by atoms with Crippen molar-refractivity contribution in [2.75, 3.05) is 26.2 Å². The Labute approximate surface area is 185 Å². The third-order valence-electron chi connectivity index (χ3n) is 5.07. The number of ether oxygens (including phenoxy) is 1. The highest BCUT2D eigenvalue weighted by molar-refractivity contribution is 6.31. The lowest BCUT2D eigenvalue weighted by atomic mass is 10.0. The van der Waals surface area contributed by atoms with Crippen molar-refractivity contribution >= 4 is 29.5 Å². The van der Waals surface area contributed by atoms with E-state index in [1.54, 1.807) is 42.5 Å². The van der Waals surface area contributed by atoms with Crippen molar-refractivity contribution in [3.05, 3.63) is 70.5 Å². The summed E-state index contributed by atoms with van der Waals surface area (Å²) in [5.74, 6) is -0.696. The summed E-state index contributed by atoms with van der Waals surface area (Å²) in [6, 6.07) is 11.2. The molecule has 164 valence electrons. The quantitative estimate of drug-likeness (QED) is 0.580. The Balaban J connectivity index is 1.61. The second-order valence-electron chi connectivity index (χ2n) is 7.30. The fourth-order valence-corrected chi connectivity index (χ4v) is 3.84. The van der Waals surface area contributed by atoms with Crippen LogP contribution in [0.4, 0.5) is 4.39 Å². The van der Waals surface area contributed by atoms with Crippen LogP contribution in [0.25, 0.3) is 6.08 Å². The van der Waals surface area contributed by atoms with E-state index in [0.29, 0.717) is 16.3 Å². The number of carbonyl (C=O) groups excluding carboxylic acids is 2. The Kier molecular flexibility index (Phi) is 8.03. The molecule has 1 fully saturated rings. The van der Waals surface area contributed by atoms with Gasteiger partial charge in [0.15, 0.2) is 6.61 Å². The summed E-state index contributed by atoms with van der Waals surface area (Å²) in [6.45, 7) is 1.74. The number of primary amides is 1. The van der Waals surface area contributed by atoms with E-state index in [9.17, 15) is 14.0 Å². The van der Waals surface area contributed by atoms with Gasteiger partial charge >= 0.3 is 0 Å². The first-order chi connectivity index (χ1) is 14.9. The van der Waals surface area contributed by atoms with Gasteiger partial charge in [0.25, 0.3) is 5.91 Å². The molecule has 1 atom stereocenters. The maximum atomic E-state index is 14.5. The molecular formula is C23H25ClFN3O3. The average Bonchev–Trinajstić information content (AvgIpc) is 3.28. The van der Waals surface area contributed by atoms with E-state index in [0.717, 1.165) is 31.5 Å². The molecule has 8 heteroatoms. The van der Waals surface area contributed by atoms with Gasteiger partial charge in [-0.25, -0.2) is 4.39 Å². The fourth-order valence-electron chi connectivity index (χ4n) is 3.55. The molecule has 1 saturated heterocycles. The van der Waals surface area contributed by atoms with E-state index in [1.165, 1.54) is 12.1 Å². The summed E-state index contributed by atoms with van der Waals surface area (Å²) < 4.78 is 19.7. The molecule has 3 rings (SSSR count).